The molecule has 1 aliphatic heterocycles. The normalized spacial score (nSPS) is 18.2. The smallest absolute Gasteiger partial charge is 0.261 e. The lowest BCUT2D eigenvalue weighted by atomic mass is 9.89. The van der Waals surface area contributed by atoms with Crippen molar-refractivity contribution in [2.75, 3.05) is 7.11 Å². The minimum Gasteiger partial charge on any atom is -0.497 e. The molecule has 29 heavy (non-hydrogen) atoms. The number of hydrogen-bond acceptors (Lipinski definition) is 4. The first-order chi connectivity index (χ1) is 13.7. The molecule has 0 saturated carbocycles. The molecule has 2 aromatic carbocycles. The van der Waals surface area contributed by atoms with Gasteiger partial charge in [0.25, 0.3) is 5.91 Å². The maximum absolute atomic E-state index is 13.0. The summed E-state index contributed by atoms with van der Waals surface area (Å²) in [6.07, 6.45) is 0.594. The van der Waals surface area contributed by atoms with Gasteiger partial charge in [-0.3, -0.25) is 4.79 Å². The van der Waals surface area contributed by atoms with Gasteiger partial charge in [0.15, 0.2) is 6.10 Å². The van der Waals surface area contributed by atoms with Gasteiger partial charge in [-0.2, -0.15) is 0 Å². The Morgan fingerprint density at radius 3 is 2.66 bits per heavy atom. The molecule has 1 amide bonds. The highest BCUT2D eigenvalue weighted by Crippen LogP contribution is 2.41. The molecule has 0 fully saturated rings. The van der Waals surface area contributed by atoms with Gasteiger partial charge < -0.3 is 19.5 Å². The second-order valence-corrected chi connectivity index (χ2v) is 8.36. The summed E-state index contributed by atoms with van der Waals surface area (Å²) in [6.45, 7) is 7.87. The molecule has 2 atom stereocenters. The van der Waals surface area contributed by atoms with Crippen LogP contribution in [-0.2, 0) is 4.79 Å². The average molecular weight is 418 g/mol. The Labute approximate surface area is 177 Å². The number of halogens is 1. The van der Waals surface area contributed by atoms with E-state index in [-0.39, 0.29) is 11.9 Å². The van der Waals surface area contributed by atoms with Gasteiger partial charge in [-0.05, 0) is 69.2 Å². The van der Waals surface area contributed by atoms with Crippen LogP contribution in [0.3, 0.4) is 0 Å². The van der Waals surface area contributed by atoms with Crippen LogP contribution in [0.5, 0.6) is 17.2 Å². The van der Waals surface area contributed by atoms with Crippen molar-refractivity contribution in [3.05, 3.63) is 52.5 Å². The number of fused-ring (bicyclic) bond motifs is 1. The zero-order valence-electron chi connectivity index (χ0n) is 17.5. The molecule has 5 nitrogen and oxygen atoms in total. The number of carbonyl (C=O) groups is 1. The maximum atomic E-state index is 13.0. The predicted octanol–water partition coefficient (Wildman–Crippen LogP) is 5.23. The molecule has 0 bridgehead atoms. The van der Waals surface area contributed by atoms with Crippen LogP contribution in [0.25, 0.3) is 0 Å². The Balaban J connectivity index is 1.80. The van der Waals surface area contributed by atoms with Crippen molar-refractivity contribution in [1.29, 1.82) is 0 Å². The number of hydrogen-bond donors (Lipinski definition) is 1. The first kappa shape index (κ1) is 21.3. The molecule has 1 aliphatic rings. The van der Waals surface area contributed by atoms with E-state index in [9.17, 15) is 4.79 Å². The van der Waals surface area contributed by atoms with Crippen molar-refractivity contribution in [3.63, 3.8) is 0 Å². The lowest BCUT2D eigenvalue weighted by Crippen LogP contribution is -2.45. The molecule has 0 aliphatic carbocycles. The number of benzene rings is 2. The molecule has 0 saturated heterocycles. The summed E-state index contributed by atoms with van der Waals surface area (Å²) in [6, 6.07) is 10.9. The van der Waals surface area contributed by atoms with E-state index in [1.165, 1.54) is 0 Å². The molecule has 1 heterocycles. The Kier molecular flexibility index (Phi) is 6.27. The third-order valence-electron chi connectivity index (χ3n) is 5.06. The Hall–Kier alpha value is -2.40. The summed E-state index contributed by atoms with van der Waals surface area (Å²) >= 11 is 6.08. The van der Waals surface area contributed by atoms with E-state index >= 15 is 0 Å². The zero-order valence-corrected chi connectivity index (χ0v) is 18.3. The molecule has 1 N–H and O–H groups in total. The Morgan fingerprint density at radius 2 is 2.00 bits per heavy atom. The second-order valence-electron chi connectivity index (χ2n) is 7.96. The lowest BCUT2D eigenvalue weighted by Gasteiger charge is -2.38. The summed E-state index contributed by atoms with van der Waals surface area (Å²) in [7, 11) is 1.62. The molecular weight excluding hydrogens is 390 g/mol. The third-order valence-corrected chi connectivity index (χ3v) is 5.49. The van der Waals surface area contributed by atoms with Gasteiger partial charge in [0.2, 0.25) is 0 Å². The first-order valence-electron chi connectivity index (χ1n) is 9.82. The molecule has 2 aromatic rings. The predicted molar refractivity (Wildman–Crippen MR) is 114 cm³/mol. The van der Waals surface area contributed by atoms with E-state index in [1.807, 2.05) is 52.0 Å². The van der Waals surface area contributed by atoms with E-state index in [4.69, 9.17) is 25.8 Å². The van der Waals surface area contributed by atoms with E-state index in [1.54, 1.807) is 19.2 Å². The van der Waals surface area contributed by atoms with Gasteiger partial charge in [-0.15, -0.1) is 0 Å². The van der Waals surface area contributed by atoms with E-state index in [2.05, 4.69) is 5.32 Å². The molecule has 0 unspecified atom stereocenters. The summed E-state index contributed by atoms with van der Waals surface area (Å²) in [5.41, 5.74) is 1.43. The highest BCUT2D eigenvalue weighted by atomic mass is 35.5. The maximum Gasteiger partial charge on any atom is 0.261 e. The number of nitrogens with one attached hydrogen (secondary N) is 1. The van der Waals surface area contributed by atoms with Gasteiger partial charge in [-0.25, -0.2) is 0 Å². The van der Waals surface area contributed by atoms with Crippen LogP contribution >= 0.6 is 11.6 Å². The molecule has 0 radical (unpaired) electrons. The Bertz CT molecular complexity index is 896. The van der Waals surface area contributed by atoms with Crippen LogP contribution in [0.2, 0.25) is 5.02 Å². The minimum absolute atomic E-state index is 0.156. The monoisotopic (exact) mass is 417 g/mol. The van der Waals surface area contributed by atoms with Crippen LogP contribution in [-0.4, -0.2) is 24.7 Å². The highest BCUT2D eigenvalue weighted by Gasteiger charge is 2.36. The summed E-state index contributed by atoms with van der Waals surface area (Å²) in [5, 5.41) is 3.82. The largest absolute Gasteiger partial charge is 0.497 e. The number of aryl methyl sites for hydroxylation is 1. The van der Waals surface area contributed by atoms with E-state index in [0.29, 0.717) is 23.6 Å². The fraction of sp³-hybridized carbons (Fsp3) is 0.435. The van der Waals surface area contributed by atoms with Crippen molar-refractivity contribution in [2.24, 2.45) is 0 Å². The standard InChI is InChI=1S/C23H28ClNO4/c1-6-20(28-16-7-9-18(24)14(2)11-16)22(26)25-19-13-23(3,4)29-21-10-8-15(27-5)12-17(19)21/h7-12,19-20H,6,13H2,1-5H3,(H,25,26)/t19-,20+/m0/s1. The van der Waals surface area contributed by atoms with Crippen molar-refractivity contribution in [1.82, 2.24) is 5.32 Å². The topological polar surface area (TPSA) is 56.8 Å². The van der Waals surface area contributed by atoms with E-state index in [0.717, 1.165) is 22.6 Å². The summed E-state index contributed by atoms with van der Waals surface area (Å²) in [5.74, 6) is 1.96. The van der Waals surface area contributed by atoms with Gasteiger partial charge in [-0.1, -0.05) is 18.5 Å². The molecule has 0 aromatic heterocycles. The van der Waals surface area contributed by atoms with Crippen LogP contribution in [0.1, 0.15) is 50.8 Å². The number of methoxy groups -OCH3 is 1. The van der Waals surface area contributed by atoms with Crippen molar-refractivity contribution < 1.29 is 19.0 Å². The van der Waals surface area contributed by atoms with E-state index < -0.39 is 11.7 Å². The minimum atomic E-state index is -0.601. The summed E-state index contributed by atoms with van der Waals surface area (Å²) < 4.78 is 17.4. The van der Waals surface area contributed by atoms with Crippen LogP contribution in [0.4, 0.5) is 0 Å². The number of carbonyl (C=O) groups excluding carboxylic acids is 1. The number of amides is 1. The molecule has 3 rings (SSSR count). The van der Waals surface area contributed by atoms with Gasteiger partial charge in [0.05, 0.1) is 13.2 Å². The lowest BCUT2D eigenvalue weighted by molar-refractivity contribution is -0.129. The van der Waals surface area contributed by atoms with Gasteiger partial charge in [0, 0.05) is 17.0 Å². The molecule has 6 heteroatoms. The molecule has 0 spiro atoms. The second kappa shape index (κ2) is 8.54. The van der Waals surface area contributed by atoms with Crippen molar-refractivity contribution in [3.8, 4) is 17.2 Å². The van der Waals surface area contributed by atoms with Crippen molar-refractivity contribution in [2.45, 2.75) is 58.3 Å². The van der Waals surface area contributed by atoms with Gasteiger partial charge in [0.1, 0.15) is 22.8 Å². The third kappa shape index (κ3) is 4.96. The Morgan fingerprint density at radius 1 is 1.28 bits per heavy atom. The molecular formula is C23H28ClNO4. The van der Waals surface area contributed by atoms with Crippen LogP contribution in [0.15, 0.2) is 36.4 Å². The fourth-order valence-corrected chi connectivity index (χ4v) is 3.65. The number of ether oxygens (including phenoxy) is 3. The fourth-order valence-electron chi connectivity index (χ4n) is 3.53. The summed E-state index contributed by atoms with van der Waals surface area (Å²) in [4.78, 5) is 13.0. The molecule has 156 valence electrons. The SMILES string of the molecule is CC[C@@H](Oc1ccc(Cl)c(C)c1)C(=O)N[C@H]1CC(C)(C)Oc2ccc(OC)cc21. The zero-order chi connectivity index (χ0) is 21.2. The highest BCUT2D eigenvalue weighted by molar-refractivity contribution is 6.31. The van der Waals surface area contributed by atoms with Crippen molar-refractivity contribution >= 4 is 17.5 Å². The van der Waals surface area contributed by atoms with Crippen LogP contribution in [0, 0.1) is 6.92 Å². The first-order valence-corrected chi connectivity index (χ1v) is 10.2. The van der Waals surface area contributed by atoms with Crippen LogP contribution < -0.4 is 19.5 Å². The average Bonchev–Trinajstić information content (AvgIpc) is 2.67. The van der Waals surface area contributed by atoms with Gasteiger partial charge >= 0.3 is 0 Å². The quantitative estimate of drug-likeness (QED) is 0.698. The number of rotatable bonds is 6.